The molecule has 2 aromatic carbocycles. The molecule has 0 amide bonds. The summed E-state index contributed by atoms with van der Waals surface area (Å²) in [6.07, 6.45) is 1.60. The van der Waals surface area contributed by atoms with Crippen LogP contribution in [0.3, 0.4) is 0 Å². The van der Waals surface area contributed by atoms with Crippen molar-refractivity contribution in [2.45, 2.75) is 10.9 Å². The fourth-order valence-electron chi connectivity index (χ4n) is 3.71. The summed E-state index contributed by atoms with van der Waals surface area (Å²) in [7, 11) is -3.61. The van der Waals surface area contributed by atoms with Crippen LogP contribution in [0.25, 0.3) is 0 Å². The molecule has 1 aliphatic heterocycles. The number of furan rings is 1. The Labute approximate surface area is 176 Å². The zero-order chi connectivity index (χ0) is 21.0. The highest BCUT2D eigenvalue weighted by Crippen LogP contribution is 2.25. The van der Waals surface area contributed by atoms with E-state index < -0.39 is 10.0 Å². The van der Waals surface area contributed by atoms with Gasteiger partial charge in [0, 0.05) is 38.4 Å². The van der Waals surface area contributed by atoms with E-state index in [0.717, 1.165) is 37.6 Å². The van der Waals surface area contributed by atoms with Crippen molar-refractivity contribution in [3.63, 3.8) is 0 Å². The van der Waals surface area contributed by atoms with Crippen molar-refractivity contribution in [1.29, 1.82) is 0 Å². The highest BCUT2D eigenvalue weighted by molar-refractivity contribution is 7.89. The maximum atomic E-state index is 13.2. The Bertz CT molecular complexity index is 1030. The third-order valence-electron chi connectivity index (χ3n) is 5.34. The molecule has 3 aromatic rings. The number of anilines is 1. The second-order valence-electron chi connectivity index (χ2n) is 7.20. The summed E-state index contributed by atoms with van der Waals surface area (Å²) in [6, 6.07) is 18.3. The summed E-state index contributed by atoms with van der Waals surface area (Å²) in [5.74, 6) is 0.474. The van der Waals surface area contributed by atoms with Crippen molar-refractivity contribution in [2.24, 2.45) is 0 Å². The van der Waals surface area contributed by atoms with Gasteiger partial charge in [0.25, 0.3) is 0 Å². The van der Waals surface area contributed by atoms with Crippen molar-refractivity contribution < 1.29 is 17.2 Å². The zero-order valence-corrected chi connectivity index (χ0v) is 17.3. The second-order valence-corrected chi connectivity index (χ2v) is 8.96. The predicted octanol–water partition coefficient (Wildman–Crippen LogP) is 3.26. The third kappa shape index (κ3) is 4.72. The first kappa shape index (κ1) is 20.6. The summed E-state index contributed by atoms with van der Waals surface area (Å²) >= 11 is 0. The molecule has 6 nitrogen and oxygen atoms in total. The van der Waals surface area contributed by atoms with E-state index in [-0.39, 0.29) is 23.3 Å². The summed E-state index contributed by atoms with van der Waals surface area (Å²) in [6.45, 7) is 3.19. The Kier molecular flexibility index (Phi) is 6.17. The fraction of sp³-hybridized carbons (Fsp3) is 0.273. The fourth-order valence-corrected chi connectivity index (χ4v) is 4.77. The number of rotatable bonds is 7. The van der Waals surface area contributed by atoms with Crippen molar-refractivity contribution in [2.75, 3.05) is 37.6 Å². The normalized spacial score (nSPS) is 16.5. The molecule has 0 unspecified atom stereocenters. The molecule has 1 saturated heterocycles. The minimum Gasteiger partial charge on any atom is -0.468 e. The van der Waals surface area contributed by atoms with Crippen LogP contribution in [0.4, 0.5) is 10.1 Å². The van der Waals surface area contributed by atoms with Crippen LogP contribution in [0.15, 0.2) is 82.3 Å². The van der Waals surface area contributed by atoms with Gasteiger partial charge in [0.1, 0.15) is 11.6 Å². The number of nitrogens with one attached hydrogen (secondary N) is 1. The van der Waals surface area contributed by atoms with Crippen LogP contribution >= 0.6 is 0 Å². The van der Waals surface area contributed by atoms with Gasteiger partial charge in [0.2, 0.25) is 10.0 Å². The first-order chi connectivity index (χ1) is 14.5. The molecular formula is C22H24FN3O3S. The van der Waals surface area contributed by atoms with E-state index in [1.165, 1.54) is 12.1 Å². The van der Waals surface area contributed by atoms with Crippen LogP contribution in [-0.4, -0.2) is 46.0 Å². The molecule has 0 aliphatic carbocycles. The van der Waals surface area contributed by atoms with Gasteiger partial charge in [0.15, 0.2) is 0 Å². The summed E-state index contributed by atoms with van der Waals surface area (Å²) in [5.41, 5.74) is 0.982. The van der Waals surface area contributed by atoms with Gasteiger partial charge in [0.05, 0.1) is 17.2 Å². The second kappa shape index (κ2) is 8.99. The number of piperazine rings is 1. The molecule has 2 heterocycles. The van der Waals surface area contributed by atoms with Crippen LogP contribution in [0.5, 0.6) is 0 Å². The van der Waals surface area contributed by atoms with Crippen LogP contribution in [-0.2, 0) is 10.0 Å². The first-order valence-electron chi connectivity index (χ1n) is 9.85. The average molecular weight is 430 g/mol. The summed E-state index contributed by atoms with van der Waals surface area (Å²) in [5, 5.41) is 0. The Balaban J connectivity index is 1.44. The number of halogens is 1. The molecule has 1 aliphatic rings. The Morgan fingerprint density at radius 2 is 1.63 bits per heavy atom. The Morgan fingerprint density at radius 3 is 2.27 bits per heavy atom. The van der Waals surface area contributed by atoms with Gasteiger partial charge in [-0.25, -0.2) is 17.5 Å². The Hall–Kier alpha value is -2.68. The topological polar surface area (TPSA) is 65.8 Å². The lowest BCUT2D eigenvalue weighted by atomic mass is 10.1. The van der Waals surface area contributed by atoms with E-state index in [4.69, 9.17) is 4.42 Å². The SMILES string of the molecule is O=S(=O)(NC[C@H](c1ccco1)N1CCN(c2ccc(F)cc2)CC1)c1ccccc1. The van der Waals surface area contributed by atoms with Crippen LogP contribution in [0.2, 0.25) is 0 Å². The number of hydrogen-bond acceptors (Lipinski definition) is 5. The lowest BCUT2D eigenvalue weighted by Crippen LogP contribution is -2.49. The number of nitrogens with zero attached hydrogens (tertiary/aromatic N) is 2. The highest BCUT2D eigenvalue weighted by atomic mass is 32.2. The number of sulfonamides is 1. The van der Waals surface area contributed by atoms with Gasteiger partial charge in [-0.2, -0.15) is 0 Å². The molecule has 0 bridgehead atoms. The Morgan fingerprint density at radius 1 is 0.933 bits per heavy atom. The molecule has 1 atom stereocenters. The van der Waals surface area contributed by atoms with Gasteiger partial charge in [-0.05, 0) is 48.5 Å². The molecule has 30 heavy (non-hydrogen) atoms. The minimum atomic E-state index is -3.61. The molecule has 0 radical (unpaired) electrons. The van der Waals surface area contributed by atoms with Crippen molar-refractivity contribution in [1.82, 2.24) is 9.62 Å². The quantitative estimate of drug-likeness (QED) is 0.625. The number of hydrogen-bond donors (Lipinski definition) is 1. The lowest BCUT2D eigenvalue weighted by molar-refractivity contribution is 0.166. The van der Waals surface area contributed by atoms with Gasteiger partial charge in [-0.15, -0.1) is 0 Å². The molecule has 1 N–H and O–H groups in total. The molecule has 158 valence electrons. The summed E-state index contributed by atoms with van der Waals surface area (Å²) in [4.78, 5) is 4.65. The van der Waals surface area contributed by atoms with Crippen LogP contribution in [0, 0.1) is 5.82 Å². The number of benzene rings is 2. The first-order valence-corrected chi connectivity index (χ1v) is 11.3. The zero-order valence-electron chi connectivity index (χ0n) is 16.4. The smallest absolute Gasteiger partial charge is 0.240 e. The maximum Gasteiger partial charge on any atom is 0.240 e. The van der Waals surface area contributed by atoms with Gasteiger partial charge in [-0.3, -0.25) is 4.90 Å². The predicted molar refractivity (Wildman–Crippen MR) is 113 cm³/mol. The summed E-state index contributed by atoms with van der Waals surface area (Å²) < 4.78 is 46.8. The molecule has 1 aromatic heterocycles. The third-order valence-corrected chi connectivity index (χ3v) is 6.78. The van der Waals surface area contributed by atoms with Crippen LogP contribution < -0.4 is 9.62 Å². The molecule has 1 fully saturated rings. The monoisotopic (exact) mass is 429 g/mol. The van der Waals surface area contributed by atoms with E-state index in [2.05, 4.69) is 14.5 Å². The molecule has 8 heteroatoms. The highest BCUT2D eigenvalue weighted by Gasteiger charge is 2.28. The van der Waals surface area contributed by atoms with E-state index in [1.54, 1.807) is 48.7 Å². The minimum absolute atomic E-state index is 0.210. The average Bonchev–Trinajstić information content (AvgIpc) is 3.30. The molecular weight excluding hydrogens is 405 g/mol. The van der Waals surface area contributed by atoms with Crippen molar-refractivity contribution >= 4 is 15.7 Å². The molecule has 0 saturated carbocycles. The van der Waals surface area contributed by atoms with Gasteiger partial charge in [-0.1, -0.05) is 18.2 Å². The van der Waals surface area contributed by atoms with Gasteiger partial charge < -0.3 is 9.32 Å². The van der Waals surface area contributed by atoms with E-state index in [1.807, 2.05) is 12.1 Å². The maximum absolute atomic E-state index is 13.2. The van der Waals surface area contributed by atoms with E-state index >= 15 is 0 Å². The molecule has 0 spiro atoms. The molecule has 4 rings (SSSR count). The van der Waals surface area contributed by atoms with Gasteiger partial charge >= 0.3 is 0 Å². The standard InChI is InChI=1S/C22H24FN3O3S/c23-18-8-10-19(11-9-18)25-12-14-26(15-13-25)21(22-7-4-16-29-22)17-24-30(27,28)20-5-2-1-3-6-20/h1-11,16,21,24H,12-15,17H2/t21-/m1/s1. The lowest BCUT2D eigenvalue weighted by Gasteiger charge is -2.39. The van der Waals surface area contributed by atoms with Crippen molar-refractivity contribution in [3.05, 3.63) is 84.6 Å². The van der Waals surface area contributed by atoms with E-state index in [9.17, 15) is 12.8 Å². The largest absolute Gasteiger partial charge is 0.468 e. The van der Waals surface area contributed by atoms with Crippen LogP contribution in [0.1, 0.15) is 11.8 Å². The van der Waals surface area contributed by atoms with Crippen molar-refractivity contribution in [3.8, 4) is 0 Å². The van der Waals surface area contributed by atoms with E-state index in [0.29, 0.717) is 0 Å².